The van der Waals surface area contributed by atoms with Crippen LogP contribution in [0.1, 0.15) is 24.3 Å². The second-order valence-electron chi connectivity index (χ2n) is 5.51. The quantitative estimate of drug-likeness (QED) is 0.813. The van der Waals surface area contributed by atoms with Crippen molar-refractivity contribution in [2.75, 3.05) is 22.9 Å². The second kappa shape index (κ2) is 5.88. The van der Waals surface area contributed by atoms with Crippen molar-refractivity contribution in [3.8, 4) is 0 Å². The third-order valence-electron chi connectivity index (χ3n) is 3.73. The van der Waals surface area contributed by atoms with Crippen LogP contribution in [0.4, 0.5) is 11.4 Å². The summed E-state index contributed by atoms with van der Waals surface area (Å²) >= 11 is 1.40. The van der Waals surface area contributed by atoms with Crippen LogP contribution in [0.15, 0.2) is 35.2 Å². The third kappa shape index (κ3) is 2.62. The van der Waals surface area contributed by atoms with Gasteiger partial charge in [-0.15, -0.1) is 11.3 Å². The lowest BCUT2D eigenvalue weighted by atomic mass is 10.1. The van der Waals surface area contributed by atoms with Gasteiger partial charge in [-0.1, -0.05) is 19.1 Å². The number of para-hydroxylation sites is 2. The van der Waals surface area contributed by atoms with Gasteiger partial charge in [0.2, 0.25) is 5.91 Å². The highest BCUT2D eigenvalue weighted by molar-refractivity contribution is 7.07. The molecule has 2 heterocycles. The lowest BCUT2D eigenvalue weighted by Crippen LogP contribution is -2.36. The number of benzene rings is 1. The fourth-order valence-electron chi connectivity index (χ4n) is 2.75. The van der Waals surface area contributed by atoms with Crippen LogP contribution >= 0.6 is 11.3 Å². The summed E-state index contributed by atoms with van der Waals surface area (Å²) in [6.45, 7) is 4.77. The molecule has 2 aromatic rings. The van der Waals surface area contributed by atoms with E-state index in [2.05, 4.69) is 4.98 Å². The minimum Gasteiger partial charge on any atom is -0.310 e. The largest absolute Gasteiger partial charge is 0.310 e. The minimum absolute atomic E-state index is 0.0118. The van der Waals surface area contributed by atoms with Crippen molar-refractivity contribution in [1.82, 2.24) is 4.98 Å². The molecule has 5 nitrogen and oxygen atoms in total. The number of hydrogen-bond acceptors (Lipinski definition) is 4. The van der Waals surface area contributed by atoms with Gasteiger partial charge in [-0.2, -0.15) is 0 Å². The zero-order chi connectivity index (χ0) is 15.7. The molecular formula is C16H17N3O2S. The second-order valence-corrected chi connectivity index (χ2v) is 6.23. The van der Waals surface area contributed by atoms with E-state index in [1.165, 1.54) is 11.3 Å². The van der Waals surface area contributed by atoms with E-state index in [-0.39, 0.29) is 17.7 Å². The van der Waals surface area contributed by atoms with Gasteiger partial charge in [0.25, 0.3) is 5.91 Å². The molecule has 1 aliphatic heterocycles. The predicted molar refractivity (Wildman–Crippen MR) is 87.4 cm³/mol. The summed E-state index contributed by atoms with van der Waals surface area (Å²) in [5, 5.41) is 1.75. The number of carbonyl (C=O) groups is 2. The van der Waals surface area contributed by atoms with Crippen LogP contribution in [0.3, 0.4) is 0 Å². The van der Waals surface area contributed by atoms with Gasteiger partial charge in [0.05, 0.1) is 16.9 Å². The van der Waals surface area contributed by atoms with Gasteiger partial charge in [0, 0.05) is 25.4 Å². The minimum atomic E-state index is -0.119. The summed E-state index contributed by atoms with van der Waals surface area (Å²) < 4.78 is 0. The molecule has 0 fully saturated rings. The van der Waals surface area contributed by atoms with E-state index >= 15 is 0 Å². The van der Waals surface area contributed by atoms with Crippen LogP contribution in [-0.2, 0) is 4.79 Å². The Morgan fingerprint density at radius 3 is 2.41 bits per heavy atom. The van der Waals surface area contributed by atoms with Crippen molar-refractivity contribution in [1.29, 1.82) is 0 Å². The highest BCUT2D eigenvalue weighted by Crippen LogP contribution is 2.34. The molecule has 0 radical (unpaired) electrons. The van der Waals surface area contributed by atoms with Crippen molar-refractivity contribution in [2.45, 2.75) is 13.8 Å². The van der Waals surface area contributed by atoms with Crippen molar-refractivity contribution in [2.24, 2.45) is 5.92 Å². The van der Waals surface area contributed by atoms with E-state index in [9.17, 15) is 9.59 Å². The molecule has 0 saturated heterocycles. The SMILES string of the molecule is CC(=O)N1C[C@@H](C)CN(C(=O)c2cscn2)c2ccccc21. The molecule has 0 aliphatic carbocycles. The molecule has 6 heteroatoms. The van der Waals surface area contributed by atoms with Gasteiger partial charge < -0.3 is 9.80 Å². The van der Waals surface area contributed by atoms with Crippen molar-refractivity contribution >= 4 is 34.5 Å². The first-order chi connectivity index (χ1) is 10.6. The zero-order valence-corrected chi connectivity index (χ0v) is 13.3. The fraction of sp³-hybridized carbons (Fsp3) is 0.312. The van der Waals surface area contributed by atoms with Gasteiger partial charge in [-0.05, 0) is 18.1 Å². The van der Waals surface area contributed by atoms with Gasteiger partial charge in [-0.3, -0.25) is 9.59 Å². The molecule has 22 heavy (non-hydrogen) atoms. The Balaban J connectivity index is 2.08. The predicted octanol–water partition coefficient (Wildman–Crippen LogP) is 2.79. The molecule has 0 N–H and O–H groups in total. The lowest BCUT2D eigenvalue weighted by molar-refractivity contribution is -0.116. The van der Waals surface area contributed by atoms with Crippen LogP contribution < -0.4 is 9.80 Å². The highest BCUT2D eigenvalue weighted by Gasteiger charge is 2.30. The molecule has 0 bridgehead atoms. The summed E-state index contributed by atoms with van der Waals surface area (Å²) in [4.78, 5) is 32.3. The van der Waals surface area contributed by atoms with E-state index < -0.39 is 0 Å². The Bertz CT molecular complexity index is 699. The maximum absolute atomic E-state index is 12.8. The normalized spacial score (nSPS) is 17.8. The Morgan fingerprint density at radius 1 is 1.18 bits per heavy atom. The van der Waals surface area contributed by atoms with E-state index in [0.29, 0.717) is 18.8 Å². The van der Waals surface area contributed by atoms with E-state index in [1.54, 1.807) is 27.6 Å². The molecule has 1 aliphatic rings. The van der Waals surface area contributed by atoms with Gasteiger partial charge >= 0.3 is 0 Å². The zero-order valence-electron chi connectivity index (χ0n) is 12.5. The Kier molecular flexibility index (Phi) is 3.94. The smallest absolute Gasteiger partial charge is 0.277 e. The van der Waals surface area contributed by atoms with Gasteiger partial charge in [-0.25, -0.2) is 4.98 Å². The van der Waals surface area contributed by atoms with E-state index in [4.69, 9.17) is 0 Å². The van der Waals surface area contributed by atoms with E-state index in [1.807, 2.05) is 31.2 Å². The number of hydrogen-bond donors (Lipinski definition) is 0. The number of amides is 2. The van der Waals surface area contributed by atoms with Crippen molar-refractivity contribution < 1.29 is 9.59 Å². The van der Waals surface area contributed by atoms with Gasteiger partial charge in [0.1, 0.15) is 5.69 Å². The van der Waals surface area contributed by atoms with E-state index in [0.717, 1.165) is 11.4 Å². The summed E-state index contributed by atoms with van der Waals surface area (Å²) in [5.74, 6) is 0.0482. The first-order valence-corrected chi connectivity index (χ1v) is 8.09. The van der Waals surface area contributed by atoms with Crippen LogP contribution in [0.25, 0.3) is 0 Å². The summed E-state index contributed by atoms with van der Waals surface area (Å²) in [6.07, 6.45) is 0. The molecule has 3 rings (SSSR count). The molecule has 1 atom stereocenters. The third-order valence-corrected chi connectivity index (χ3v) is 4.31. The standard InChI is InChI=1S/C16H17N3O2S/c1-11-7-18(12(2)20)14-5-3-4-6-15(14)19(8-11)16(21)13-9-22-10-17-13/h3-6,9-11H,7-8H2,1-2H3/t11-/m1/s1. The van der Waals surface area contributed by atoms with Crippen LogP contribution in [0.5, 0.6) is 0 Å². The first-order valence-electron chi connectivity index (χ1n) is 7.15. The maximum Gasteiger partial charge on any atom is 0.277 e. The number of anilines is 2. The number of fused-ring (bicyclic) bond motifs is 1. The molecule has 0 unspecified atom stereocenters. The molecular weight excluding hydrogens is 298 g/mol. The van der Waals surface area contributed by atoms with Crippen molar-refractivity contribution in [3.05, 3.63) is 40.8 Å². The molecule has 2 amide bonds. The van der Waals surface area contributed by atoms with Gasteiger partial charge in [0.15, 0.2) is 0 Å². The van der Waals surface area contributed by atoms with Crippen molar-refractivity contribution in [3.63, 3.8) is 0 Å². The molecule has 0 spiro atoms. The van der Waals surface area contributed by atoms with Crippen LogP contribution in [-0.4, -0.2) is 29.9 Å². The molecule has 1 aromatic heterocycles. The lowest BCUT2D eigenvalue weighted by Gasteiger charge is -2.24. The van der Waals surface area contributed by atoms with Crippen LogP contribution in [0.2, 0.25) is 0 Å². The average Bonchev–Trinajstić information content (AvgIpc) is 2.99. The number of rotatable bonds is 1. The number of nitrogens with zero attached hydrogens (tertiary/aromatic N) is 3. The monoisotopic (exact) mass is 315 g/mol. The average molecular weight is 315 g/mol. The first kappa shape index (κ1) is 14.7. The Labute approximate surface area is 133 Å². The number of carbonyl (C=O) groups excluding carboxylic acids is 2. The molecule has 1 aromatic carbocycles. The highest BCUT2D eigenvalue weighted by atomic mass is 32.1. The maximum atomic E-state index is 12.8. The fourth-order valence-corrected chi connectivity index (χ4v) is 3.27. The number of aromatic nitrogens is 1. The molecule has 0 saturated carbocycles. The number of thiazole rings is 1. The Morgan fingerprint density at radius 2 is 1.82 bits per heavy atom. The topological polar surface area (TPSA) is 53.5 Å². The van der Waals surface area contributed by atoms with Crippen LogP contribution in [0, 0.1) is 5.92 Å². The summed E-state index contributed by atoms with van der Waals surface area (Å²) in [5.41, 5.74) is 3.65. The summed E-state index contributed by atoms with van der Waals surface area (Å²) in [7, 11) is 0. The molecule has 114 valence electrons. The Hall–Kier alpha value is -2.21. The summed E-state index contributed by atoms with van der Waals surface area (Å²) in [6, 6.07) is 7.54.